The van der Waals surface area contributed by atoms with Crippen LogP contribution in [0.4, 0.5) is 0 Å². The zero-order chi connectivity index (χ0) is 31.4. The zero-order valence-electron chi connectivity index (χ0n) is 24.9. The molecule has 0 fully saturated rings. The van der Waals surface area contributed by atoms with Crippen LogP contribution in [0.1, 0.15) is 91.9 Å². The van der Waals surface area contributed by atoms with Crippen molar-refractivity contribution in [2.45, 2.75) is 27.7 Å². The topological polar surface area (TPSA) is 159 Å². The normalized spacial score (nSPS) is 11.5. The van der Waals surface area contributed by atoms with E-state index >= 15 is 0 Å². The molecular formula is C32H28MnN4O8+. The number of ether oxygens (including phenoxy) is 4. The Bertz CT molecular complexity index is 1640. The minimum absolute atomic E-state index is 0. The van der Waals surface area contributed by atoms with Crippen LogP contribution >= 0.6 is 0 Å². The monoisotopic (exact) mass is 651 g/mol. The number of hydrogen-bond acceptors (Lipinski definition) is 10. The first-order chi connectivity index (χ1) is 21.3. The molecule has 0 aliphatic carbocycles. The van der Waals surface area contributed by atoms with Gasteiger partial charge in [0.25, 0.3) is 0 Å². The summed E-state index contributed by atoms with van der Waals surface area (Å²) >= 11 is 0. The van der Waals surface area contributed by atoms with Crippen molar-refractivity contribution < 1.29 is 55.2 Å². The fraction of sp³-hybridized carbons (Fsp3) is 0.250. The van der Waals surface area contributed by atoms with Crippen LogP contribution in [0.25, 0.3) is 46.4 Å². The van der Waals surface area contributed by atoms with Crippen molar-refractivity contribution in [3.05, 3.63) is 69.3 Å². The van der Waals surface area contributed by atoms with Crippen molar-refractivity contribution in [3.8, 4) is 0 Å². The van der Waals surface area contributed by atoms with Gasteiger partial charge in [-0.25, -0.2) is 29.1 Å². The first-order valence-corrected chi connectivity index (χ1v) is 14.0. The molecule has 0 atom stereocenters. The third-order valence-corrected chi connectivity index (χ3v) is 6.53. The van der Waals surface area contributed by atoms with Gasteiger partial charge in [-0.1, -0.05) is 24.3 Å². The summed E-state index contributed by atoms with van der Waals surface area (Å²) in [6.07, 6.45) is 6.20. The van der Waals surface area contributed by atoms with E-state index in [1.807, 2.05) is 0 Å². The van der Waals surface area contributed by atoms with Gasteiger partial charge in [0.05, 0.1) is 71.5 Å². The summed E-state index contributed by atoms with van der Waals surface area (Å²) in [5.41, 5.74) is 1.49. The molecule has 0 unspecified atom stereocenters. The van der Waals surface area contributed by atoms with E-state index in [0.29, 0.717) is 0 Å². The van der Waals surface area contributed by atoms with Crippen LogP contribution in [0.5, 0.6) is 0 Å². The van der Waals surface area contributed by atoms with Crippen LogP contribution in [0.3, 0.4) is 0 Å². The van der Waals surface area contributed by atoms with Crippen molar-refractivity contribution in [2.24, 2.45) is 0 Å². The molecular weight excluding hydrogens is 623 g/mol. The van der Waals surface area contributed by atoms with Gasteiger partial charge in [-0.3, -0.25) is 0 Å². The Morgan fingerprint density at radius 1 is 0.489 bits per heavy atom. The first-order valence-electron chi connectivity index (χ1n) is 14.0. The Labute approximate surface area is 268 Å². The predicted molar refractivity (Wildman–Crippen MR) is 161 cm³/mol. The van der Waals surface area contributed by atoms with Gasteiger partial charge in [-0.15, -0.1) is 22.1 Å². The fourth-order valence-electron chi connectivity index (χ4n) is 4.74. The molecule has 0 saturated heterocycles. The quantitative estimate of drug-likeness (QED) is 0.130. The number of carbonyl (C=O) groups is 4. The van der Waals surface area contributed by atoms with Gasteiger partial charge in [0, 0.05) is 0 Å². The average molecular weight is 652 g/mol. The van der Waals surface area contributed by atoms with E-state index in [0.717, 1.165) is 0 Å². The first kappa shape index (κ1) is 32.9. The maximum atomic E-state index is 13.2. The van der Waals surface area contributed by atoms with E-state index < -0.39 is 23.9 Å². The second kappa shape index (κ2) is 14.2. The Morgan fingerprint density at radius 3 is 0.911 bits per heavy atom. The van der Waals surface area contributed by atoms with E-state index in [1.165, 1.54) is 0 Å². The molecule has 0 aromatic carbocycles. The van der Waals surface area contributed by atoms with Crippen LogP contribution in [0.2, 0.25) is 0 Å². The molecule has 5 heterocycles. The number of carbonyl (C=O) groups excluding carboxylic acids is 4. The van der Waals surface area contributed by atoms with E-state index in [2.05, 4.69) is 19.9 Å². The SMILES string of the molecule is CCOC(=O)c1c2nc(c(C(=O)OCC)c3ccc([n-]3)c(C(=O)OCC)c3nc(c(C(=O)OCC)c4ccc1[n-]4)C=C3)C=C2.[Mn+3]. The van der Waals surface area contributed by atoms with Crippen LogP contribution in [-0.2, 0) is 36.0 Å². The van der Waals surface area contributed by atoms with Gasteiger partial charge in [-0.05, 0) is 52.0 Å². The molecule has 0 spiro atoms. The number of fused-ring (bicyclic) bond motifs is 8. The van der Waals surface area contributed by atoms with Crippen molar-refractivity contribution in [3.63, 3.8) is 0 Å². The second-order valence-electron chi connectivity index (χ2n) is 9.24. The van der Waals surface area contributed by atoms with Crippen LogP contribution < -0.4 is 9.97 Å². The molecule has 8 bridgehead atoms. The molecule has 3 aromatic rings. The molecule has 3 aromatic heterocycles. The molecule has 5 rings (SSSR count). The van der Waals surface area contributed by atoms with Gasteiger partial charge in [0.2, 0.25) is 0 Å². The van der Waals surface area contributed by atoms with Crippen LogP contribution in [0.15, 0.2) is 24.3 Å². The molecule has 0 amide bonds. The van der Waals surface area contributed by atoms with E-state index in [1.54, 1.807) is 76.3 Å². The molecule has 0 N–H and O–H groups in total. The van der Waals surface area contributed by atoms with Crippen molar-refractivity contribution in [2.75, 3.05) is 26.4 Å². The van der Waals surface area contributed by atoms with Crippen molar-refractivity contribution in [1.82, 2.24) is 19.9 Å². The van der Waals surface area contributed by atoms with E-state index in [4.69, 9.17) is 18.9 Å². The van der Waals surface area contributed by atoms with Crippen LogP contribution in [-0.4, -0.2) is 60.3 Å². The number of nitrogens with zero attached hydrogens (tertiary/aromatic N) is 4. The number of aromatic nitrogens is 4. The molecule has 2 aliphatic heterocycles. The largest absolute Gasteiger partial charge is 3.00 e. The average Bonchev–Trinajstić information content (AvgIpc) is 3.80. The molecule has 0 radical (unpaired) electrons. The molecule has 230 valence electrons. The maximum Gasteiger partial charge on any atom is 3.00 e. The van der Waals surface area contributed by atoms with Gasteiger partial charge < -0.3 is 28.9 Å². The van der Waals surface area contributed by atoms with Crippen molar-refractivity contribution in [1.29, 1.82) is 0 Å². The Hall–Kier alpha value is -5.00. The summed E-state index contributed by atoms with van der Waals surface area (Å²) in [6, 6.07) is 6.20. The van der Waals surface area contributed by atoms with Gasteiger partial charge in [-0.2, -0.15) is 0 Å². The summed E-state index contributed by atoms with van der Waals surface area (Å²) in [5, 5.41) is 0. The predicted octanol–water partition coefficient (Wildman–Crippen LogP) is 4.62. The standard InChI is InChI=1S/C32H29N4O8.Mn/c1-5-41-29(37)25-17-9-11-19(33-17)26(30(38)42-6-2)21-13-15-23(35-21)28(32(40)44-8-4)24-16-14-22(36-24)27(31(39)43-7-3)20-12-10-18(25)34-20;/h9-16H,5-8H2,1-4H3,(H-,33,34,35,36,37,38,39,40);/q-1;+3/p-1. The summed E-state index contributed by atoms with van der Waals surface area (Å²) in [5.74, 6) is -2.80. The molecule has 13 heteroatoms. The number of esters is 4. The van der Waals surface area contributed by atoms with Crippen LogP contribution in [0, 0.1) is 0 Å². The minimum Gasteiger partial charge on any atom is -0.656 e. The Kier molecular flexibility index (Phi) is 10.4. The Balaban J connectivity index is 0.00000461. The van der Waals surface area contributed by atoms with Crippen molar-refractivity contribution >= 4 is 70.2 Å². The Morgan fingerprint density at radius 2 is 0.711 bits per heavy atom. The maximum absolute atomic E-state index is 13.2. The summed E-state index contributed by atoms with van der Waals surface area (Å²) in [6.45, 7) is 7.01. The third kappa shape index (κ3) is 6.45. The molecule has 2 aliphatic rings. The van der Waals surface area contributed by atoms with Gasteiger partial charge in [0.1, 0.15) is 0 Å². The summed E-state index contributed by atoms with van der Waals surface area (Å²) in [4.78, 5) is 71.3. The second-order valence-corrected chi connectivity index (χ2v) is 9.24. The summed E-state index contributed by atoms with van der Waals surface area (Å²) in [7, 11) is 0. The minimum atomic E-state index is -0.700. The molecule has 0 saturated carbocycles. The third-order valence-electron chi connectivity index (χ3n) is 6.53. The number of rotatable bonds is 8. The van der Waals surface area contributed by atoms with Gasteiger partial charge in [0.15, 0.2) is 0 Å². The zero-order valence-corrected chi connectivity index (χ0v) is 26.1. The van der Waals surface area contributed by atoms with E-state index in [-0.39, 0.29) is 111 Å². The molecule has 12 nitrogen and oxygen atoms in total. The van der Waals surface area contributed by atoms with E-state index in [9.17, 15) is 19.2 Å². The smallest absolute Gasteiger partial charge is 0.656 e. The van der Waals surface area contributed by atoms with Gasteiger partial charge >= 0.3 is 40.9 Å². The summed E-state index contributed by atoms with van der Waals surface area (Å²) < 4.78 is 21.3. The fourth-order valence-corrected chi connectivity index (χ4v) is 4.74. The molecule has 45 heavy (non-hydrogen) atoms. The number of hydrogen-bond donors (Lipinski definition) is 0.